The highest BCUT2D eigenvalue weighted by Gasteiger charge is 2.29. The third-order valence-electron chi connectivity index (χ3n) is 3.18. The van der Waals surface area contributed by atoms with Crippen LogP contribution >= 0.6 is 0 Å². The largest absolute Gasteiger partial charge is 0.329 e. The fourth-order valence-corrected chi connectivity index (χ4v) is 2.07. The highest BCUT2D eigenvalue weighted by Crippen LogP contribution is 2.20. The van der Waals surface area contributed by atoms with Crippen molar-refractivity contribution in [3.8, 4) is 0 Å². The van der Waals surface area contributed by atoms with Crippen LogP contribution in [0.15, 0.2) is 12.7 Å². The Kier molecular flexibility index (Phi) is 4.58. The molecule has 0 aromatic carbocycles. The van der Waals surface area contributed by atoms with E-state index >= 15 is 0 Å². The van der Waals surface area contributed by atoms with Crippen LogP contribution in [0.25, 0.3) is 0 Å². The molecule has 0 aliphatic carbocycles. The Balaban J connectivity index is 2.52. The summed E-state index contributed by atoms with van der Waals surface area (Å²) in [6.45, 7) is 7.66. The fourth-order valence-electron chi connectivity index (χ4n) is 2.07. The van der Waals surface area contributed by atoms with E-state index in [4.69, 9.17) is 5.73 Å². The third-order valence-corrected chi connectivity index (χ3v) is 3.18. The standard InChI is InChI=1S/C11H23N3/c1-3-7-13-11(10-12)5-4-8-14(2)9-6-11/h3,13H,1,4-10,12H2,2H3. The molecule has 1 saturated heterocycles. The van der Waals surface area contributed by atoms with Crippen molar-refractivity contribution in [1.82, 2.24) is 10.2 Å². The summed E-state index contributed by atoms with van der Waals surface area (Å²) in [6.07, 6.45) is 5.47. The highest BCUT2D eigenvalue weighted by atomic mass is 15.1. The molecule has 1 unspecified atom stereocenters. The summed E-state index contributed by atoms with van der Waals surface area (Å²) in [4.78, 5) is 2.38. The molecule has 0 aromatic heterocycles. The number of nitrogens with one attached hydrogen (secondary N) is 1. The van der Waals surface area contributed by atoms with E-state index in [1.807, 2.05) is 6.08 Å². The maximum Gasteiger partial charge on any atom is 0.0319 e. The first kappa shape index (κ1) is 11.7. The van der Waals surface area contributed by atoms with Gasteiger partial charge in [-0.15, -0.1) is 6.58 Å². The van der Waals surface area contributed by atoms with Crippen LogP contribution in [0.1, 0.15) is 19.3 Å². The molecule has 3 heteroatoms. The van der Waals surface area contributed by atoms with Gasteiger partial charge in [-0.25, -0.2) is 0 Å². The molecular formula is C11H23N3. The van der Waals surface area contributed by atoms with E-state index in [0.717, 1.165) is 26.1 Å². The maximum atomic E-state index is 5.88. The van der Waals surface area contributed by atoms with Crippen LogP contribution in [-0.4, -0.2) is 43.7 Å². The Hall–Kier alpha value is -0.380. The summed E-state index contributed by atoms with van der Waals surface area (Å²) in [5.74, 6) is 0. The second-order valence-electron chi connectivity index (χ2n) is 4.31. The van der Waals surface area contributed by atoms with Gasteiger partial charge in [0.05, 0.1) is 0 Å². The molecule has 0 saturated carbocycles. The van der Waals surface area contributed by atoms with Crippen molar-refractivity contribution >= 4 is 0 Å². The van der Waals surface area contributed by atoms with Crippen LogP contribution in [0.3, 0.4) is 0 Å². The van der Waals surface area contributed by atoms with Crippen LogP contribution < -0.4 is 11.1 Å². The summed E-state index contributed by atoms with van der Waals surface area (Å²) in [6, 6.07) is 0. The maximum absolute atomic E-state index is 5.88. The smallest absolute Gasteiger partial charge is 0.0319 e. The average molecular weight is 197 g/mol. The van der Waals surface area contributed by atoms with Crippen molar-refractivity contribution in [2.75, 3.05) is 33.2 Å². The summed E-state index contributed by atoms with van der Waals surface area (Å²) >= 11 is 0. The van der Waals surface area contributed by atoms with Crippen molar-refractivity contribution < 1.29 is 0 Å². The first-order chi connectivity index (χ1) is 6.72. The topological polar surface area (TPSA) is 41.3 Å². The van der Waals surface area contributed by atoms with Crippen molar-refractivity contribution in [2.45, 2.75) is 24.8 Å². The lowest BCUT2D eigenvalue weighted by molar-refractivity contribution is 0.291. The SMILES string of the molecule is C=CCNC1(CN)CCCN(C)CC1. The molecule has 1 aliphatic rings. The molecule has 0 bridgehead atoms. The van der Waals surface area contributed by atoms with Crippen molar-refractivity contribution in [1.29, 1.82) is 0 Å². The number of nitrogens with two attached hydrogens (primary N) is 1. The van der Waals surface area contributed by atoms with Gasteiger partial charge in [0.15, 0.2) is 0 Å². The molecule has 0 amide bonds. The molecular weight excluding hydrogens is 174 g/mol. The first-order valence-electron chi connectivity index (χ1n) is 5.47. The van der Waals surface area contributed by atoms with Crippen LogP contribution in [0.2, 0.25) is 0 Å². The van der Waals surface area contributed by atoms with Crippen molar-refractivity contribution in [3.63, 3.8) is 0 Å². The monoisotopic (exact) mass is 197 g/mol. The summed E-state index contributed by atoms with van der Waals surface area (Å²) < 4.78 is 0. The van der Waals surface area contributed by atoms with Gasteiger partial charge in [-0.05, 0) is 39.4 Å². The second kappa shape index (κ2) is 5.49. The Morgan fingerprint density at radius 3 is 2.93 bits per heavy atom. The predicted octanol–water partition coefficient (Wildman–Crippen LogP) is 0.575. The zero-order valence-electron chi connectivity index (χ0n) is 9.26. The molecule has 0 spiro atoms. The lowest BCUT2D eigenvalue weighted by atomic mass is 9.90. The van der Waals surface area contributed by atoms with E-state index in [1.54, 1.807) is 0 Å². The number of nitrogens with zero attached hydrogens (tertiary/aromatic N) is 1. The van der Waals surface area contributed by atoms with Gasteiger partial charge in [0.2, 0.25) is 0 Å². The Morgan fingerprint density at radius 2 is 2.29 bits per heavy atom. The summed E-state index contributed by atoms with van der Waals surface area (Å²) in [5.41, 5.74) is 6.03. The third kappa shape index (κ3) is 3.08. The van der Waals surface area contributed by atoms with Gasteiger partial charge in [0.25, 0.3) is 0 Å². The van der Waals surface area contributed by atoms with E-state index in [9.17, 15) is 0 Å². The fraction of sp³-hybridized carbons (Fsp3) is 0.818. The zero-order valence-corrected chi connectivity index (χ0v) is 9.26. The quantitative estimate of drug-likeness (QED) is 0.648. The van der Waals surface area contributed by atoms with E-state index in [0.29, 0.717) is 0 Å². The normalized spacial score (nSPS) is 29.9. The molecule has 1 rings (SSSR count). The van der Waals surface area contributed by atoms with Crippen LogP contribution in [-0.2, 0) is 0 Å². The first-order valence-corrected chi connectivity index (χ1v) is 5.47. The van der Waals surface area contributed by atoms with Crippen molar-refractivity contribution in [2.24, 2.45) is 5.73 Å². The number of likely N-dealkylation sites (tertiary alicyclic amines) is 1. The van der Waals surface area contributed by atoms with Crippen LogP contribution in [0.5, 0.6) is 0 Å². The van der Waals surface area contributed by atoms with E-state index in [-0.39, 0.29) is 5.54 Å². The molecule has 1 aliphatic heterocycles. The molecule has 3 N–H and O–H groups in total. The van der Waals surface area contributed by atoms with Gasteiger partial charge in [-0.1, -0.05) is 6.08 Å². The molecule has 3 nitrogen and oxygen atoms in total. The Labute approximate surface area is 87.3 Å². The van der Waals surface area contributed by atoms with E-state index in [2.05, 4.69) is 23.8 Å². The molecule has 1 fully saturated rings. The predicted molar refractivity (Wildman–Crippen MR) is 61.3 cm³/mol. The molecule has 82 valence electrons. The number of hydrogen-bond donors (Lipinski definition) is 2. The van der Waals surface area contributed by atoms with E-state index in [1.165, 1.54) is 19.4 Å². The second-order valence-corrected chi connectivity index (χ2v) is 4.31. The summed E-state index contributed by atoms with van der Waals surface area (Å²) in [7, 11) is 2.18. The molecule has 1 atom stereocenters. The van der Waals surface area contributed by atoms with Gasteiger partial charge in [0, 0.05) is 18.6 Å². The summed E-state index contributed by atoms with van der Waals surface area (Å²) in [5, 5.41) is 3.53. The minimum atomic E-state index is 0.152. The zero-order chi connectivity index (χ0) is 10.4. The van der Waals surface area contributed by atoms with Gasteiger partial charge in [-0.3, -0.25) is 0 Å². The minimum absolute atomic E-state index is 0.152. The lowest BCUT2D eigenvalue weighted by Gasteiger charge is -2.32. The Morgan fingerprint density at radius 1 is 1.50 bits per heavy atom. The van der Waals surface area contributed by atoms with Gasteiger partial charge < -0.3 is 16.0 Å². The minimum Gasteiger partial charge on any atom is -0.329 e. The molecule has 0 radical (unpaired) electrons. The van der Waals surface area contributed by atoms with Crippen LogP contribution in [0, 0.1) is 0 Å². The molecule has 0 aromatic rings. The lowest BCUT2D eigenvalue weighted by Crippen LogP contribution is -2.51. The molecule has 14 heavy (non-hydrogen) atoms. The molecule has 1 heterocycles. The Bertz CT molecular complexity index is 181. The van der Waals surface area contributed by atoms with E-state index < -0.39 is 0 Å². The van der Waals surface area contributed by atoms with Crippen molar-refractivity contribution in [3.05, 3.63) is 12.7 Å². The van der Waals surface area contributed by atoms with Gasteiger partial charge in [0.1, 0.15) is 0 Å². The van der Waals surface area contributed by atoms with Gasteiger partial charge in [-0.2, -0.15) is 0 Å². The van der Waals surface area contributed by atoms with Gasteiger partial charge >= 0.3 is 0 Å². The highest BCUT2D eigenvalue weighted by molar-refractivity contribution is 4.93. The average Bonchev–Trinajstić information content (AvgIpc) is 2.39. The number of rotatable bonds is 4. The number of hydrogen-bond acceptors (Lipinski definition) is 3. The van der Waals surface area contributed by atoms with Crippen LogP contribution in [0.4, 0.5) is 0 Å².